The van der Waals surface area contributed by atoms with Crippen molar-refractivity contribution in [2.45, 2.75) is 70.4 Å². The van der Waals surface area contributed by atoms with E-state index in [1.54, 1.807) is 0 Å². The third kappa shape index (κ3) is 5.00. The lowest BCUT2D eigenvalue weighted by Gasteiger charge is -2.51. The first-order chi connectivity index (χ1) is 15.1. The lowest BCUT2D eigenvalue weighted by molar-refractivity contribution is -0.356. The lowest BCUT2D eigenvalue weighted by atomic mass is 9.93. The molecule has 2 aromatic rings. The van der Waals surface area contributed by atoms with Gasteiger partial charge in [0.25, 0.3) is 0 Å². The fourth-order valence-corrected chi connectivity index (χ4v) is 4.52. The largest absolute Gasteiger partial charge is 0.388 e. The molecule has 0 aromatic heterocycles. The summed E-state index contributed by atoms with van der Waals surface area (Å²) in [4.78, 5) is 2.22. The Balaban J connectivity index is 1.53. The Morgan fingerprint density at radius 1 is 1.03 bits per heavy atom. The second kappa shape index (κ2) is 10.2. The van der Waals surface area contributed by atoms with Crippen LogP contribution in [0.3, 0.4) is 0 Å². The summed E-state index contributed by atoms with van der Waals surface area (Å²) in [6.07, 6.45) is -2.75. The van der Waals surface area contributed by atoms with Crippen LogP contribution in [0.1, 0.15) is 38.2 Å². The number of fused-ring (bicyclic) bond motifs is 1. The number of aliphatic hydroxyl groups is 1. The van der Waals surface area contributed by atoms with Crippen LogP contribution in [-0.2, 0) is 25.6 Å². The van der Waals surface area contributed by atoms with E-state index < -0.39 is 30.9 Å². The minimum absolute atomic E-state index is 0.220. The van der Waals surface area contributed by atoms with E-state index in [0.29, 0.717) is 13.2 Å². The Morgan fingerprint density at radius 3 is 2.35 bits per heavy atom. The Labute approximate surface area is 184 Å². The second-order valence-electron chi connectivity index (χ2n) is 8.42. The van der Waals surface area contributed by atoms with Gasteiger partial charge in [-0.1, -0.05) is 67.6 Å². The minimum atomic E-state index is -0.767. The summed E-state index contributed by atoms with van der Waals surface area (Å²) < 4.78 is 24.7. The Bertz CT molecular complexity index is 802. The summed E-state index contributed by atoms with van der Waals surface area (Å²) in [5.41, 5.74) is 2.00. The molecule has 2 saturated heterocycles. The van der Waals surface area contributed by atoms with Gasteiger partial charge in [-0.2, -0.15) is 0 Å². The van der Waals surface area contributed by atoms with Crippen molar-refractivity contribution in [3.63, 3.8) is 0 Å². The summed E-state index contributed by atoms with van der Waals surface area (Å²) in [7, 11) is 0. The normalized spacial score (nSPS) is 31.0. The maximum Gasteiger partial charge on any atom is 0.184 e. The van der Waals surface area contributed by atoms with Gasteiger partial charge in [-0.15, -0.1) is 0 Å². The predicted molar refractivity (Wildman–Crippen MR) is 117 cm³/mol. The van der Waals surface area contributed by atoms with Gasteiger partial charge in [-0.3, -0.25) is 4.90 Å². The summed E-state index contributed by atoms with van der Waals surface area (Å²) in [6, 6.07) is 19.7. The molecule has 2 heterocycles. The van der Waals surface area contributed by atoms with Crippen molar-refractivity contribution in [1.82, 2.24) is 4.90 Å². The smallest absolute Gasteiger partial charge is 0.184 e. The van der Waals surface area contributed by atoms with Crippen LogP contribution in [0.15, 0.2) is 60.7 Å². The molecule has 2 aliphatic heterocycles. The number of benzene rings is 2. The van der Waals surface area contributed by atoms with Crippen LogP contribution in [0.25, 0.3) is 0 Å². The van der Waals surface area contributed by atoms with Gasteiger partial charge in [0.1, 0.15) is 18.3 Å². The van der Waals surface area contributed by atoms with E-state index in [2.05, 4.69) is 25.7 Å². The van der Waals surface area contributed by atoms with Gasteiger partial charge in [0, 0.05) is 11.6 Å². The maximum atomic E-state index is 11.5. The van der Waals surface area contributed by atoms with Gasteiger partial charge in [-0.25, -0.2) is 0 Å². The molecule has 0 bridgehead atoms. The molecule has 6 atom stereocenters. The first-order valence-corrected chi connectivity index (χ1v) is 11.1. The predicted octanol–water partition coefficient (Wildman–Crippen LogP) is 3.50. The third-order valence-electron chi connectivity index (χ3n) is 6.07. The molecule has 31 heavy (non-hydrogen) atoms. The number of rotatable bonds is 7. The molecule has 0 saturated carbocycles. The highest BCUT2D eigenvalue weighted by Gasteiger charge is 2.51. The molecular formula is C25H33NO5. The third-order valence-corrected chi connectivity index (χ3v) is 6.07. The topological polar surface area (TPSA) is 60.4 Å². The van der Waals surface area contributed by atoms with Crippen molar-refractivity contribution in [1.29, 1.82) is 0 Å². The van der Waals surface area contributed by atoms with Crippen LogP contribution in [0, 0.1) is 0 Å². The van der Waals surface area contributed by atoms with Crippen molar-refractivity contribution in [3.8, 4) is 0 Å². The number of ether oxygens (including phenoxy) is 4. The Morgan fingerprint density at radius 2 is 1.71 bits per heavy atom. The molecule has 0 aliphatic carbocycles. The summed E-state index contributed by atoms with van der Waals surface area (Å²) in [5, 5.41) is 11.5. The van der Waals surface area contributed by atoms with E-state index in [9.17, 15) is 5.11 Å². The average molecular weight is 428 g/mol. The molecule has 2 aromatic carbocycles. The zero-order valence-corrected chi connectivity index (χ0v) is 18.5. The fraction of sp³-hybridized carbons (Fsp3) is 0.520. The summed E-state index contributed by atoms with van der Waals surface area (Å²) in [5.74, 6) is 0. The van der Waals surface area contributed by atoms with E-state index in [0.717, 1.165) is 17.7 Å². The van der Waals surface area contributed by atoms with Crippen molar-refractivity contribution in [3.05, 3.63) is 71.8 Å². The van der Waals surface area contributed by atoms with E-state index >= 15 is 0 Å². The quantitative estimate of drug-likeness (QED) is 0.730. The molecular weight excluding hydrogens is 394 g/mol. The maximum absolute atomic E-state index is 11.5. The van der Waals surface area contributed by atoms with Gasteiger partial charge in [0.05, 0.1) is 19.3 Å². The van der Waals surface area contributed by atoms with Gasteiger partial charge in [-0.05, 0) is 26.0 Å². The summed E-state index contributed by atoms with van der Waals surface area (Å²) in [6.45, 7) is 7.85. The highest BCUT2D eigenvalue weighted by atomic mass is 16.7. The zero-order chi connectivity index (χ0) is 21.8. The molecule has 2 fully saturated rings. The molecule has 4 rings (SSSR count). The average Bonchev–Trinajstić information content (AvgIpc) is 2.80. The number of hydrogen-bond acceptors (Lipinski definition) is 6. The van der Waals surface area contributed by atoms with Crippen LogP contribution in [0.2, 0.25) is 0 Å². The van der Waals surface area contributed by atoms with Crippen LogP contribution >= 0.6 is 0 Å². The van der Waals surface area contributed by atoms with Gasteiger partial charge in [0.15, 0.2) is 12.6 Å². The fourth-order valence-electron chi connectivity index (χ4n) is 4.52. The molecule has 0 spiro atoms. The van der Waals surface area contributed by atoms with E-state index in [4.69, 9.17) is 18.9 Å². The van der Waals surface area contributed by atoms with E-state index in [-0.39, 0.29) is 12.1 Å². The number of likely N-dealkylation sites (N-methyl/N-ethyl adjacent to an activating group) is 1. The van der Waals surface area contributed by atoms with Gasteiger partial charge < -0.3 is 24.1 Å². The Hall–Kier alpha value is -1.80. The van der Waals surface area contributed by atoms with E-state index in [1.165, 1.54) is 0 Å². The molecule has 6 nitrogen and oxygen atoms in total. The van der Waals surface area contributed by atoms with Crippen LogP contribution in [0.5, 0.6) is 0 Å². The first-order valence-electron chi connectivity index (χ1n) is 11.1. The molecule has 2 aliphatic rings. The van der Waals surface area contributed by atoms with Crippen molar-refractivity contribution < 1.29 is 24.1 Å². The van der Waals surface area contributed by atoms with Gasteiger partial charge in [0.2, 0.25) is 0 Å². The molecule has 1 unspecified atom stereocenters. The number of aliphatic hydroxyl groups excluding tert-OH is 1. The Kier molecular flexibility index (Phi) is 7.38. The molecule has 0 radical (unpaired) electrons. The second-order valence-corrected chi connectivity index (χ2v) is 8.42. The molecule has 1 N–H and O–H groups in total. The van der Waals surface area contributed by atoms with Crippen molar-refractivity contribution in [2.24, 2.45) is 0 Å². The molecule has 0 amide bonds. The first kappa shape index (κ1) is 22.4. The standard InChI is InChI=1S/C25H33NO5/c1-4-26(17(2)3)21-22(27)23-20(16-29-24(31-23)19-13-9-6-10-14-19)30-25(21)28-15-18-11-7-5-8-12-18/h5-14,17,20-25,27H,4,15-16H2,1-3H3/t20-,21-,22+,23-,24?,25-/m1/s1. The van der Waals surface area contributed by atoms with Crippen LogP contribution < -0.4 is 0 Å². The summed E-state index contributed by atoms with van der Waals surface area (Å²) >= 11 is 0. The van der Waals surface area contributed by atoms with Crippen molar-refractivity contribution in [2.75, 3.05) is 13.2 Å². The van der Waals surface area contributed by atoms with Crippen LogP contribution in [0.4, 0.5) is 0 Å². The van der Waals surface area contributed by atoms with Crippen LogP contribution in [-0.4, -0.2) is 59.8 Å². The van der Waals surface area contributed by atoms with E-state index in [1.807, 2.05) is 60.7 Å². The van der Waals surface area contributed by atoms with Crippen molar-refractivity contribution >= 4 is 0 Å². The highest BCUT2D eigenvalue weighted by Crippen LogP contribution is 2.36. The SMILES string of the molecule is CCN(C(C)C)[C@H]1[C@H](OCc2ccccc2)O[C@@H]2COC(c3ccccc3)O[C@H]2[C@H]1O. The lowest BCUT2D eigenvalue weighted by Crippen LogP contribution is -2.67. The van der Waals surface area contributed by atoms with Gasteiger partial charge >= 0.3 is 0 Å². The molecule has 168 valence electrons. The minimum Gasteiger partial charge on any atom is -0.388 e. The zero-order valence-electron chi connectivity index (χ0n) is 18.5. The monoisotopic (exact) mass is 427 g/mol. The number of nitrogens with zero attached hydrogens (tertiary/aromatic N) is 1. The highest BCUT2D eigenvalue weighted by molar-refractivity contribution is 5.17. The molecule has 6 heteroatoms. The number of hydrogen-bond donors (Lipinski definition) is 1.